The molecule has 0 aliphatic rings. The number of aromatic amines is 1. The first kappa shape index (κ1) is 12.6. The number of aryl methyl sites for hydroxylation is 1. The lowest BCUT2D eigenvalue weighted by atomic mass is 10.4. The van der Waals surface area contributed by atoms with Crippen molar-refractivity contribution in [3.8, 4) is 0 Å². The molecule has 0 atom stereocenters. The van der Waals surface area contributed by atoms with Crippen molar-refractivity contribution in [2.24, 2.45) is 0 Å². The molecule has 96 valence electrons. The van der Waals surface area contributed by atoms with E-state index in [1.165, 1.54) is 0 Å². The summed E-state index contributed by atoms with van der Waals surface area (Å²) in [7, 11) is 0. The number of rotatable bonds is 5. The van der Waals surface area contributed by atoms with Crippen molar-refractivity contribution in [3.63, 3.8) is 0 Å². The lowest BCUT2D eigenvalue weighted by molar-refractivity contribution is 0.953. The Morgan fingerprint density at radius 3 is 2.94 bits per heavy atom. The van der Waals surface area contributed by atoms with Crippen LogP contribution in [-0.4, -0.2) is 26.7 Å². The Morgan fingerprint density at radius 2 is 2.28 bits per heavy atom. The number of halogens is 1. The van der Waals surface area contributed by atoms with Gasteiger partial charge in [0.05, 0.1) is 6.20 Å². The van der Waals surface area contributed by atoms with Gasteiger partial charge in [-0.3, -0.25) is 5.10 Å². The van der Waals surface area contributed by atoms with Crippen LogP contribution in [-0.2, 0) is 0 Å². The first-order valence-electron chi connectivity index (χ1n) is 5.74. The molecule has 0 spiro atoms. The predicted octanol–water partition coefficient (Wildman–Crippen LogP) is 2.73. The molecular formula is C11H15ClN6. The van der Waals surface area contributed by atoms with Crippen LogP contribution in [0, 0.1) is 6.92 Å². The van der Waals surface area contributed by atoms with Crippen LogP contribution >= 0.6 is 11.6 Å². The standard InChI is InChI=1S/C11H15ClN6/c1-3-4-13-11-14-6-8(12)10(16-11)15-9-5-7(2)17-18-9/h5-6H,3-4H2,1-2H3,(H3,13,14,15,16,17,18). The fourth-order valence-electron chi connectivity index (χ4n) is 1.38. The Kier molecular flexibility index (Phi) is 3.99. The van der Waals surface area contributed by atoms with Gasteiger partial charge in [-0.1, -0.05) is 18.5 Å². The van der Waals surface area contributed by atoms with Crippen LogP contribution in [0.15, 0.2) is 12.3 Å². The Hall–Kier alpha value is -1.82. The van der Waals surface area contributed by atoms with Crippen molar-refractivity contribution in [2.75, 3.05) is 17.2 Å². The number of hydrogen-bond donors (Lipinski definition) is 3. The summed E-state index contributed by atoms with van der Waals surface area (Å²) in [5, 5.41) is 13.5. The van der Waals surface area contributed by atoms with Gasteiger partial charge in [0.25, 0.3) is 0 Å². The van der Waals surface area contributed by atoms with Gasteiger partial charge in [0.1, 0.15) is 5.02 Å². The number of nitrogens with one attached hydrogen (secondary N) is 3. The van der Waals surface area contributed by atoms with E-state index in [0.29, 0.717) is 22.6 Å². The minimum atomic E-state index is 0.456. The van der Waals surface area contributed by atoms with Gasteiger partial charge in [-0.05, 0) is 13.3 Å². The summed E-state index contributed by atoms with van der Waals surface area (Å²) in [5.41, 5.74) is 0.965. The highest BCUT2D eigenvalue weighted by Gasteiger charge is 2.07. The second kappa shape index (κ2) is 5.68. The highest BCUT2D eigenvalue weighted by Crippen LogP contribution is 2.22. The van der Waals surface area contributed by atoms with Crippen LogP contribution in [0.3, 0.4) is 0 Å². The summed E-state index contributed by atoms with van der Waals surface area (Å²) >= 11 is 6.03. The highest BCUT2D eigenvalue weighted by atomic mass is 35.5. The lowest BCUT2D eigenvalue weighted by Gasteiger charge is -2.07. The molecule has 2 rings (SSSR count). The summed E-state index contributed by atoms with van der Waals surface area (Å²) in [5.74, 6) is 1.77. The van der Waals surface area contributed by atoms with E-state index in [9.17, 15) is 0 Å². The van der Waals surface area contributed by atoms with Crippen molar-refractivity contribution in [1.29, 1.82) is 0 Å². The average molecular weight is 267 g/mol. The van der Waals surface area contributed by atoms with Crippen molar-refractivity contribution in [2.45, 2.75) is 20.3 Å². The van der Waals surface area contributed by atoms with Gasteiger partial charge in [0, 0.05) is 18.3 Å². The molecule has 0 saturated carbocycles. The smallest absolute Gasteiger partial charge is 0.224 e. The lowest BCUT2D eigenvalue weighted by Crippen LogP contribution is -2.06. The van der Waals surface area contributed by atoms with E-state index in [1.54, 1.807) is 6.20 Å². The van der Waals surface area contributed by atoms with E-state index in [0.717, 1.165) is 18.7 Å². The van der Waals surface area contributed by atoms with Crippen LogP contribution in [0.2, 0.25) is 5.02 Å². The Balaban J connectivity index is 2.15. The molecule has 0 amide bonds. The minimum absolute atomic E-state index is 0.456. The van der Waals surface area contributed by atoms with Crippen molar-refractivity contribution in [1.82, 2.24) is 20.2 Å². The molecule has 6 nitrogen and oxygen atoms in total. The highest BCUT2D eigenvalue weighted by molar-refractivity contribution is 6.32. The third kappa shape index (κ3) is 3.10. The maximum atomic E-state index is 6.03. The molecule has 0 unspecified atom stereocenters. The summed E-state index contributed by atoms with van der Waals surface area (Å²) in [4.78, 5) is 8.40. The first-order chi connectivity index (χ1) is 8.69. The van der Waals surface area contributed by atoms with E-state index >= 15 is 0 Å². The van der Waals surface area contributed by atoms with Crippen molar-refractivity contribution >= 4 is 29.2 Å². The molecule has 0 aliphatic heterocycles. The second-order valence-electron chi connectivity index (χ2n) is 3.88. The molecule has 0 bridgehead atoms. The molecule has 2 heterocycles. The van der Waals surface area contributed by atoms with Crippen LogP contribution in [0.1, 0.15) is 19.0 Å². The van der Waals surface area contributed by atoms with E-state index in [1.807, 2.05) is 13.0 Å². The monoisotopic (exact) mass is 266 g/mol. The van der Waals surface area contributed by atoms with Gasteiger partial charge in [-0.2, -0.15) is 10.1 Å². The molecule has 0 saturated heterocycles. The zero-order valence-electron chi connectivity index (χ0n) is 10.3. The van der Waals surface area contributed by atoms with Gasteiger partial charge in [0.2, 0.25) is 5.95 Å². The zero-order valence-corrected chi connectivity index (χ0v) is 11.0. The third-order valence-corrected chi connectivity index (χ3v) is 2.51. The van der Waals surface area contributed by atoms with Crippen LogP contribution in [0.4, 0.5) is 17.6 Å². The first-order valence-corrected chi connectivity index (χ1v) is 6.12. The summed E-state index contributed by atoms with van der Waals surface area (Å²) in [6, 6.07) is 1.87. The van der Waals surface area contributed by atoms with Gasteiger partial charge < -0.3 is 10.6 Å². The van der Waals surface area contributed by atoms with E-state index < -0.39 is 0 Å². The molecule has 0 fully saturated rings. The molecule has 3 N–H and O–H groups in total. The van der Waals surface area contributed by atoms with Crippen LogP contribution in [0.5, 0.6) is 0 Å². The summed E-state index contributed by atoms with van der Waals surface area (Å²) in [6.07, 6.45) is 2.57. The Labute approximate surface area is 110 Å². The quantitative estimate of drug-likeness (QED) is 0.776. The average Bonchev–Trinajstić information content (AvgIpc) is 2.76. The number of hydrogen-bond acceptors (Lipinski definition) is 5. The van der Waals surface area contributed by atoms with Crippen molar-refractivity contribution in [3.05, 3.63) is 23.0 Å². The molecule has 18 heavy (non-hydrogen) atoms. The van der Waals surface area contributed by atoms with Crippen LogP contribution < -0.4 is 10.6 Å². The largest absolute Gasteiger partial charge is 0.354 e. The molecule has 2 aromatic heterocycles. The number of anilines is 3. The maximum absolute atomic E-state index is 6.03. The molecular weight excluding hydrogens is 252 g/mol. The SMILES string of the molecule is CCCNc1ncc(Cl)c(Nc2cc(C)[nH]n2)n1. The summed E-state index contributed by atoms with van der Waals surface area (Å²) < 4.78 is 0. The topological polar surface area (TPSA) is 78.5 Å². The molecule has 2 aromatic rings. The molecule has 0 aromatic carbocycles. The second-order valence-corrected chi connectivity index (χ2v) is 4.29. The third-order valence-electron chi connectivity index (χ3n) is 2.23. The van der Waals surface area contributed by atoms with E-state index in [4.69, 9.17) is 11.6 Å². The summed E-state index contributed by atoms with van der Waals surface area (Å²) in [6.45, 7) is 4.82. The zero-order chi connectivity index (χ0) is 13.0. The Bertz CT molecular complexity index is 524. The Morgan fingerprint density at radius 1 is 1.44 bits per heavy atom. The van der Waals surface area contributed by atoms with Gasteiger partial charge in [-0.25, -0.2) is 4.98 Å². The van der Waals surface area contributed by atoms with Crippen molar-refractivity contribution < 1.29 is 0 Å². The fourth-order valence-corrected chi connectivity index (χ4v) is 1.52. The maximum Gasteiger partial charge on any atom is 0.224 e. The number of H-pyrrole nitrogens is 1. The normalized spacial score (nSPS) is 10.4. The van der Waals surface area contributed by atoms with Gasteiger partial charge in [0.15, 0.2) is 11.6 Å². The van der Waals surface area contributed by atoms with Gasteiger partial charge in [-0.15, -0.1) is 0 Å². The minimum Gasteiger partial charge on any atom is -0.354 e. The number of aromatic nitrogens is 4. The fraction of sp³-hybridized carbons (Fsp3) is 0.364. The number of nitrogens with zero attached hydrogens (tertiary/aromatic N) is 3. The van der Waals surface area contributed by atoms with Crippen LogP contribution in [0.25, 0.3) is 0 Å². The van der Waals surface area contributed by atoms with Gasteiger partial charge >= 0.3 is 0 Å². The predicted molar refractivity (Wildman–Crippen MR) is 72.4 cm³/mol. The molecule has 7 heteroatoms. The molecule has 0 aliphatic carbocycles. The molecule has 0 radical (unpaired) electrons. The van der Waals surface area contributed by atoms with E-state index in [-0.39, 0.29) is 0 Å². The van der Waals surface area contributed by atoms with E-state index in [2.05, 4.69) is 37.7 Å².